The molecule has 3 aromatic heterocycles. The number of anilines is 1. The van der Waals surface area contributed by atoms with E-state index in [1.807, 2.05) is 0 Å². The molecule has 142 valence electrons. The molecule has 7 nitrogen and oxygen atoms in total. The van der Waals surface area contributed by atoms with Crippen molar-refractivity contribution in [2.24, 2.45) is 7.05 Å². The number of hydrogen-bond acceptors (Lipinski definition) is 5. The maximum Gasteiger partial charge on any atom is 0.276 e. The number of aromatic nitrogens is 4. The minimum Gasteiger partial charge on any atom is -0.317 e. The van der Waals surface area contributed by atoms with Gasteiger partial charge in [-0.2, -0.15) is 0 Å². The van der Waals surface area contributed by atoms with Gasteiger partial charge in [0, 0.05) is 24.2 Å². The van der Waals surface area contributed by atoms with E-state index in [-0.39, 0.29) is 12.1 Å². The lowest BCUT2D eigenvalue weighted by Crippen LogP contribution is -2.22. The molecule has 0 aliphatic heterocycles. The van der Waals surface area contributed by atoms with Crippen molar-refractivity contribution in [3.63, 3.8) is 0 Å². The highest BCUT2D eigenvalue weighted by atomic mass is 32.1. The molecule has 0 radical (unpaired) electrons. The van der Waals surface area contributed by atoms with Gasteiger partial charge >= 0.3 is 0 Å². The number of nitrogens with zero attached hydrogens (tertiary/aromatic N) is 4. The van der Waals surface area contributed by atoms with E-state index in [0.717, 1.165) is 23.5 Å². The van der Waals surface area contributed by atoms with Gasteiger partial charge in [-0.05, 0) is 24.3 Å². The van der Waals surface area contributed by atoms with Gasteiger partial charge in [-0.25, -0.2) is 18.7 Å². The van der Waals surface area contributed by atoms with Crippen LogP contribution in [0.1, 0.15) is 0 Å². The van der Waals surface area contributed by atoms with Crippen LogP contribution in [0.2, 0.25) is 0 Å². The number of carbonyl (C=O) groups excluding carboxylic acids is 1. The van der Waals surface area contributed by atoms with Crippen molar-refractivity contribution in [2.45, 2.75) is 6.54 Å². The monoisotopic (exact) mass is 401 g/mol. The van der Waals surface area contributed by atoms with Gasteiger partial charge in [-0.3, -0.25) is 9.59 Å². The van der Waals surface area contributed by atoms with Gasteiger partial charge in [0.2, 0.25) is 5.91 Å². The topological polar surface area (TPSA) is 81.8 Å². The molecular formula is C18H13F2N5O2S. The lowest BCUT2D eigenvalue weighted by Gasteiger charge is -2.05. The highest BCUT2D eigenvalue weighted by molar-refractivity contribution is 7.14. The Morgan fingerprint density at radius 1 is 1.25 bits per heavy atom. The number of fused-ring (bicyclic) bond motifs is 1. The molecule has 10 heteroatoms. The van der Waals surface area contributed by atoms with Gasteiger partial charge in [0.25, 0.3) is 5.56 Å². The Kier molecular flexibility index (Phi) is 4.47. The summed E-state index contributed by atoms with van der Waals surface area (Å²) in [5, 5.41) is 4.58. The highest BCUT2D eigenvalue weighted by Crippen LogP contribution is 2.26. The molecule has 0 fully saturated rings. The van der Waals surface area contributed by atoms with Crippen LogP contribution >= 0.6 is 11.3 Å². The maximum absolute atomic E-state index is 13.4. The molecule has 4 aromatic rings. The molecule has 1 amide bonds. The van der Waals surface area contributed by atoms with Crippen LogP contribution in [0.25, 0.3) is 22.3 Å². The average Bonchev–Trinajstić information content (AvgIpc) is 3.28. The summed E-state index contributed by atoms with van der Waals surface area (Å²) in [6.45, 7) is -0.115. The van der Waals surface area contributed by atoms with Crippen LogP contribution in [-0.4, -0.2) is 25.0 Å². The quantitative estimate of drug-likeness (QED) is 0.570. The van der Waals surface area contributed by atoms with E-state index in [1.54, 1.807) is 24.7 Å². The molecule has 1 aromatic carbocycles. The van der Waals surface area contributed by atoms with Crippen LogP contribution in [0, 0.1) is 11.6 Å². The van der Waals surface area contributed by atoms with E-state index in [4.69, 9.17) is 0 Å². The molecule has 0 atom stereocenters. The molecular weight excluding hydrogens is 388 g/mol. The third kappa shape index (κ3) is 3.29. The van der Waals surface area contributed by atoms with Crippen LogP contribution in [-0.2, 0) is 18.4 Å². The summed E-state index contributed by atoms with van der Waals surface area (Å²) >= 11 is 1.15. The maximum atomic E-state index is 13.4. The molecule has 0 spiro atoms. The molecule has 0 bridgehead atoms. The summed E-state index contributed by atoms with van der Waals surface area (Å²) in [4.78, 5) is 33.0. The van der Waals surface area contributed by atoms with Crippen LogP contribution in [0.15, 0.2) is 47.0 Å². The first kappa shape index (κ1) is 18.0. The zero-order valence-corrected chi connectivity index (χ0v) is 15.3. The second-order valence-electron chi connectivity index (χ2n) is 6.05. The van der Waals surface area contributed by atoms with Gasteiger partial charge in [0.05, 0.1) is 17.5 Å². The van der Waals surface area contributed by atoms with Crippen LogP contribution in [0.3, 0.4) is 0 Å². The van der Waals surface area contributed by atoms with Crippen molar-refractivity contribution in [3.8, 4) is 11.3 Å². The Hall–Kier alpha value is -3.40. The van der Waals surface area contributed by atoms with E-state index < -0.39 is 17.5 Å². The zero-order valence-electron chi connectivity index (χ0n) is 14.5. The Morgan fingerprint density at radius 2 is 2.07 bits per heavy atom. The van der Waals surface area contributed by atoms with E-state index >= 15 is 0 Å². The first-order valence-electron chi connectivity index (χ1n) is 8.13. The van der Waals surface area contributed by atoms with E-state index in [2.05, 4.69) is 15.3 Å². The number of pyridine rings is 1. The smallest absolute Gasteiger partial charge is 0.276 e. The van der Waals surface area contributed by atoms with Crippen molar-refractivity contribution < 1.29 is 13.6 Å². The average molecular weight is 401 g/mol. The number of halogens is 2. The third-order valence-corrected chi connectivity index (χ3v) is 4.88. The molecule has 3 heterocycles. The van der Waals surface area contributed by atoms with Crippen molar-refractivity contribution in [3.05, 3.63) is 64.2 Å². The fourth-order valence-corrected chi connectivity index (χ4v) is 3.46. The van der Waals surface area contributed by atoms with E-state index in [1.165, 1.54) is 21.5 Å². The fourth-order valence-electron chi connectivity index (χ4n) is 2.72. The standard InChI is InChI=1S/C18H13F2N5O2S/c1-24-5-4-13-16(17(24)27)25(9-21-13)7-15(26)23-18-22-14(8-28-18)10-2-3-11(19)12(20)6-10/h2-6,8-9H,7H2,1H3,(H,22,23,26). The second kappa shape index (κ2) is 6.97. The number of amides is 1. The summed E-state index contributed by atoms with van der Waals surface area (Å²) < 4.78 is 29.3. The van der Waals surface area contributed by atoms with E-state index in [0.29, 0.717) is 27.4 Å². The van der Waals surface area contributed by atoms with Crippen molar-refractivity contribution in [2.75, 3.05) is 5.32 Å². The predicted molar refractivity (Wildman–Crippen MR) is 101 cm³/mol. The fraction of sp³-hybridized carbons (Fsp3) is 0.111. The van der Waals surface area contributed by atoms with Gasteiger partial charge in [0.15, 0.2) is 16.8 Å². The molecule has 4 rings (SSSR count). The Labute approximate surface area is 160 Å². The minimum absolute atomic E-state index is 0.115. The van der Waals surface area contributed by atoms with Crippen molar-refractivity contribution >= 4 is 33.4 Å². The third-order valence-electron chi connectivity index (χ3n) is 4.12. The summed E-state index contributed by atoms with van der Waals surface area (Å²) in [6, 6.07) is 5.17. The normalized spacial score (nSPS) is 11.1. The molecule has 0 saturated carbocycles. The molecule has 0 aliphatic rings. The van der Waals surface area contributed by atoms with Crippen molar-refractivity contribution in [1.29, 1.82) is 0 Å². The summed E-state index contributed by atoms with van der Waals surface area (Å²) in [5.74, 6) is -2.30. The largest absolute Gasteiger partial charge is 0.317 e. The van der Waals surface area contributed by atoms with Gasteiger partial charge in [-0.1, -0.05) is 0 Å². The Bertz CT molecular complexity index is 1260. The minimum atomic E-state index is -0.968. The molecule has 0 aliphatic carbocycles. The number of imidazole rings is 1. The zero-order chi connectivity index (χ0) is 19.8. The number of rotatable bonds is 4. The van der Waals surface area contributed by atoms with Crippen LogP contribution in [0.5, 0.6) is 0 Å². The number of carbonyl (C=O) groups is 1. The highest BCUT2D eigenvalue weighted by Gasteiger charge is 2.13. The molecule has 28 heavy (non-hydrogen) atoms. The lowest BCUT2D eigenvalue weighted by molar-refractivity contribution is -0.116. The van der Waals surface area contributed by atoms with Crippen molar-refractivity contribution in [1.82, 2.24) is 19.1 Å². The molecule has 0 unspecified atom stereocenters. The van der Waals surface area contributed by atoms with Gasteiger partial charge in [-0.15, -0.1) is 11.3 Å². The number of benzene rings is 1. The first-order valence-corrected chi connectivity index (χ1v) is 9.01. The van der Waals surface area contributed by atoms with Crippen LogP contribution < -0.4 is 10.9 Å². The summed E-state index contributed by atoms with van der Waals surface area (Å²) in [5.41, 5.74) is 1.41. The summed E-state index contributed by atoms with van der Waals surface area (Å²) in [7, 11) is 1.62. The second-order valence-corrected chi connectivity index (χ2v) is 6.91. The molecule has 0 saturated heterocycles. The number of aryl methyl sites for hydroxylation is 1. The number of thiazole rings is 1. The van der Waals surface area contributed by atoms with Gasteiger partial charge in [0.1, 0.15) is 12.1 Å². The first-order chi connectivity index (χ1) is 13.4. The lowest BCUT2D eigenvalue weighted by atomic mass is 10.2. The Morgan fingerprint density at radius 3 is 2.86 bits per heavy atom. The molecule has 1 N–H and O–H groups in total. The van der Waals surface area contributed by atoms with Crippen LogP contribution in [0.4, 0.5) is 13.9 Å². The SMILES string of the molecule is Cn1ccc2ncn(CC(=O)Nc3nc(-c4ccc(F)c(F)c4)cs3)c2c1=O. The van der Waals surface area contributed by atoms with E-state index in [9.17, 15) is 18.4 Å². The summed E-state index contributed by atoms with van der Waals surface area (Å²) in [6.07, 6.45) is 3.04. The Balaban J connectivity index is 1.52. The van der Waals surface area contributed by atoms with Gasteiger partial charge < -0.3 is 14.5 Å². The number of hydrogen-bond donors (Lipinski definition) is 1. The number of nitrogens with one attached hydrogen (secondary N) is 1. The predicted octanol–water partition coefficient (Wildman–Crippen LogP) is 2.78.